The molecule has 2 aliphatic rings. The van der Waals surface area contributed by atoms with Crippen LogP contribution in [0.15, 0.2) is 6.07 Å². The van der Waals surface area contributed by atoms with Gasteiger partial charge in [-0.15, -0.1) is 0 Å². The lowest BCUT2D eigenvalue weighted by atomic mass is 9.83. The van der Waals surface area contributed by atoms with E-state index in [9.17, 15) is 0 Å². The van der Waals surface area contributed by atoms with Gasteiger partial charge in [-0.1, -0.05) is 19.8 Å². The largest absolute Gasteiger partial charge is 0.370 e. The molecule has 4 nitrogen and oxygen atoms in total. The lowest BCUT2D eigenvalue weighted by Crippen LogP contribution is -2.21. The molecule has 0 saturated heterocycles. The van der Waals surface area contributed by atoms with E-state index in [1.54, 1.807) is 0 Å². The van der Waals surface area contributed by atoms with Gasteiger partial charge in [-0.05, 0) is 44.4 Å². The van der Waals surface area contributed by atoms with Crippen LogP contribution in [0.3, 0.4) is 0 Å². The summed E-state index contributed by atoms with van der Waals surface area (Å²) in [6.45, 7) is 6.44. The monoisotopic (exact) mass is 288 g/mol. The van der Waals surface area contributed by atoms with E-state index >= 15 is 0 Å². The van der Waals surface area contributed by atoms with Crippen molar-refractivity contribution in [3.05, 3.63) is 11.9 Å². The molecule has 0 atom stereocenters. The second-order valence-electron chi connectivity index (χ2n) is 6.81. The Bertz CT molecular complexity index is 462. The van der Waals surface area contributed by atoms with Gasteiger partial charge in [0.25, 0.3) is 0 Å². The Morgan fingerprint density at radius 3 is 2.29 bits per heavy atom. The van der Waals surface area contributed by atoms with Crippen LogP contribution in [0, 0.1) is 11.8 Å². The molecule has 1 heterocycles. The standard InChI is InChI=1S/C17H28N4/c1-3-18-15-10-16(21-17(20-15)14-8-9-14)19-11-13-6-4-12(2)5-7-13/h10,12-14H,3-9,11H2,1-2H3,(H2,18,19,20,21). The molecule has 0 bridgehead atoms. The van der Waals surface area contributed by atoms with Crippen LogP contribution in [-0.2, 0) is 0 Å². The van der Waals surface area contributed by atoms with Crippen LogP contribution < -0.4 is 10.6 Å². The zero-order valence-corrected chi connectivity index (χ0v) is 13.4. The van der Waals surface area contributed by atoms with E-state index in [0.717, 1.165) is 42.4 Å². The maximum Gasteiger partial charge on any atom is 0.136 e. The van der Waals surface area contributed by atoms with Crippen molar-refractivity contribution < 1.29 is 0 Å². The lowest BCUT2D eigenvalue weighted by Gasteiger charge is -2.26. The molecule has 21 heavy (non-hydrogen) atoms. The Balaban J connectivity index is 1.61. The van der Waals surface area contributed by atoms with Crippen molar-refractivity contribution in [2.45, 2.75) is 58.3 Å². The van der Waals surface area contributed by atoms with E-state index in [1.165, 1.54) is 38.5 Å². The van der Waals surface area contributed by atoms with Gasteiger partial charge in [0.15, 0.2) is 0 Å². The van der Waals surface area contributed by atoms with Gasteiger partial charge >= 0.3 is 0 Å². The van der Waals surface area contributed by atoms with Crippen molar-refractivity contribution in [3.63, 3.8) is 0 Å². The molecule has 0 aromatic carbocycles. The van der Waals surface area contributed by atoms with Crippen molar-refractivity contribution in [1.82, 2.24) is 9.97 Å². The average Bonchev–Trinajstić information content (AvgIpc) is 3.31. The molecule has 1 aromatic heterocycles. The summed E-state index contributed by atoms with van der Waals surface area (Å²) >= 11 is 0. The van der Waals surface area contributed by atoms with Gasteiger partial charge in [0.1, 0.15) is 17.5 Å². The summed E-state index contributed by atoms with van der Waals surface area (Å²) in [5, 5.41) is 6.88. The van der Waals surface area contributed by atoms with Gasteiger partial charge in [-0.3, -0.25) is 0 Å². The fourth-order valence-corrected chi connectivity index (χ4v) is 3.13. The van der Waals surface area contributed by atoms with Crippen LogP contribution in [0.1, 0.15) is 64.1 Å². The molecular weight excluding hydrogens is 260 g/mol. The smallest absolute Gasteiger partial charge is 0.136 e. The summed E-state index contributed by atoms with van der Waals surface area (Å²) < 4.78 is 0. The van der Waals surface area contributed by atoms with Crippen LogP contribution in [0.5, 0.6) is 0 Å². The quantitative estimate of drug-likeness (QED) is 0.830. The molecule has 1 aromatic rings. The van der Waals surface area contributed by atoms with Crippen LogP contribution in [0.2, 0.25) is 0 Å². The maximum atomic E-state index is 4.71. The number of nitrogens with zero attached hydrogens (tertiary/aromatic N) is 2. The van der Waals surface area contributed by atoms with E-state index in [2.05, 4.69) is 35.5 Å². The highest BCUT2D eigenvalue weighted by atomic mass is 15.1. The number of nitrogens with one attached hydrogen (secondary N) is 2. The number of hydrogen-bond acceptors (Lipinski definition) is 4. The highest BCUT2D eigenvalue weighted by molar-refractivity contribution is 5.48. The van der Waals surface area contributed by atoms with Crippen LogP contribution in [0.4, 0.5) is 11.6 Å². The first-order valence-electron chi connectivity index (χ1n) is 8.61. The third kappa shape index (κ3) is 4.08. The van der Waals surface area contributed by atoms with E-state index in [4.69, 9.17) is 4.98 Å². The summed E-state index contributed by atoms with van der Waals surface area (Å²) in [5.74, 6) is 5.31. The molecule has 0 unspecified atom stereocenters. The Morgan fingerprint density at radius 2 is 1.67 bits per heavy atom. The second kappa shape index (κ2) is 6.63. The van der Waals surface area contributed by atoms with Gasteiger partial charge in [-0.2, -0.15) is 0 Å². The van der Waals surface area contributed by atoms with Gasteiger partial charge in [0.05, 0.1) is 0 Å². The summed E-state index contributed by atoms with van der Waals surface area (Å²) in [4.78, 5) is 9.34. The summed E-state index contributed by atoms with van der Waals surface area (Å²) in [5.41, 5.74) is 0. The number of aromatic nitrogens is 2. The van der Waals surface area contributed by atoms with E-state index in [0.29, 0.717) is 5.92 Å². The zero-order chi connectivity index (χ0) is 14.7. The normalized spacial score (nSPS) is 25.6. The molecule has 4 heteroatoms. The first kappa shape index (κ1) is 14.6. The summed E-state index contributed by atoms with van der Waals surface area (Å²) in [6.07, 6.45) is 7.97. The molecule has 2 fully saturated rings. The maximum absolute atomic E-state index is 4.71. The molecular formula is C17H28N4. The SMILES string of the molecule is CCNc1cc(NCC2CCC(C)CC2)nc(C2CC2)n1. The fourth-order valence-electron chi connectivity index (χ4n) is 3.13. The van der Waals surface area contributed by atoms with Gasteiger partial charge in [0, 0.05) is 25.1 Å². The lowest BCUT2D eigenvalue weighted by molar-refractivity contribution is 0.300. The van der Waals surface area contributed by atoms with Crippen LogP contribution in [0.25, 0.3) is 0 Å². The minimum absolute atomic E-state index is 0.597. The molecule has 116 valence electrons. The highest BCUT2D eigenvalue weighted by Gasteiger charge is 2.27. The number of hydrogen-bond donors (Lipinski definition) is 2. The molecule has 3 rings (SSSR count). The van der Waals surface area contributed by atoms with Crippen LogP contribution >= 0.6 is 0 Å². The van der Waals surface area contributed by atoms with Gasteiger partial charge in [-0.25, -0.2) is 9.97 Å². The van der Waals surface area contributed by atoms with Crippen molar-refractivity contribution in [3.8, 4) is 0 Å². The summed E-state index contributed by atoms with van der Waals surface area (Å²) in [6, 6.07) is 2.06. The van der Waals surface area contributed by atoms with Crippen molar-refractivity contribution >= 4 is 11.6 Å². The molecule has 2 saturated carbocycles. The molecule has 0 aliphatic heterocycles. The van der Waals surface area contributed by atoms with Gasteiger partial charge < -0.3 is 10.6 Å². The molecule has 0 radical (unpaired) electrons. The number of rotatable bonds is 6. The summed E-state index contributed by atoms with van der Waals surface area (Å²) in [7, 11) is 0. The molecule has 2 N–H and O–H groups in total. The molecule has 0 amide bonds. The van der Waals surface area contributed by atoms with Crippen LogP contribution in [-0.4, -0.2) is 23.1 Å². The van der Waals surface area contributed by atoms with Crippen molar-refractivity contribution in [2.24, 2.45) is 11.8 Å². The predicted molar refractivity (Wildman–Crippen MR) is 87.8 cm³/mol. The predicted octanol–water partition coefficient (Wildman–Crippen LogP) is 4.02. The first-order chi connectivity index (χ1) is 10.2. The van der Waals surface area contributed by atoms with Crippen molar-refractivity contribution in [2.75, 3.05) is 23.7 Å². The number of anilines is 2. The Labute approximate surface area is 128 Å². The Morgan fingerprint density at radius 1 is 1.00 bits per heavy atom. The van der Waals surface area contributed by atoms with Gasteiger partial charge in [0.2, 0.25) is 0 Å². The van der Waals surface area contributed by atoms with Crippen molar-refractivity contribution in [1.29, 1.82) is 0 Å². The highest BCUT2D eigenvalue weighted by Crippen LogP contribution is 2.39. The Kier molecular flexibility index (Phi) is 4.61. The Hall–Kier alpha value is -1.32. The fraction of sp³-hybridized carbons (Fsp3) is 0.765. The third-order valence-electron chi connectivity index (χ3n) is 4.75. The molecule has 0 spiro atoms. The minimum atomic E-state index is 0.597. The third-order valence-corrected chi connectivity index (χ3v) is 4.75. The van der Waals surface area contributed by atoms with E-state index in [1.807, 2.05) is 0 Å². The second-order valence-corrected chi connectivity index (χ2v) is 6.81. The minimum Gasteiger partial charge on any atom is -0.370 e. The van der Waals surface area contributed by atoms with E-state index in [-0.39, 0.29) is 0 Å². The van der Waals surface area contributed by atoms with E-state index < -0.39 is 0 Å². The topological polar surface area (TPSA) is 49.8 Å². The first-order valence-corrected chi connectivity index (χ1v) is 8.61. The average molecular weight is 288 g/mol. The zero-order valence-electron chi connectivity index (χ0n) is 13.4. The molecule has 2 aliphatic carbocycles.